The molecule has 1 aromatic rings. The molecule has 2 unspecified atom stereocenters. The van der Waals surface area contributed by atoms with Gasteiger partial charge in [0.05, 0.1) is 5.54 Å². The van der Waals surface area contributed by atoms with E-state index in [-0.39, 0.29) is 11.2 Å². The van der Waals surface area contributed by atoms with Crippen molar-refractivity contribution in [3.63, 3.8) is 0 Å². The SMILES string of the molecule is CC12CC3CC(C)(C1)CC(n1cc[nH]c1=O)(C3)C2. The average molecular weight is 246 g/mol. The Hall–Kier alpha value is -0.990. The first-order chi connectivity index (χ1) is 8.42. The minimum Gasteiger partial charge on any atom is -0.313 e. The number of nitrogens with zero attached hydrogens (tertiary/aromatic N) is 1. The van der Waals surface area contributed by atoms with Gasteiger partial charge in [0, 0.05) is 12.4 Å². The molecule has 0 aliphatic heterocycles. The maximum absolute atomic E-state index is 12.1. The van der Waals surface area contributed by atoms with Gasteiger partial charge in [0.25, 0.3) is 0 Å². The van der Waals surface area contributed by atoms with E-state index in [2.05, 4.69) is 18.8 Å². The van der Waals surface area contributed by atoms with Gasteiger partial charge in [0.2, 0.25) is 0 Å². The number of rotatable bonds is 1. The summed E-state index contributed by atoms with van der Waals surface area (Å²) in [6.45, 7) is 4.89. The fraction of sp³-hybridized carbons (Fsp3) is 0.800. The van der Waals surface area contributed by atoms with Crippen molar-refractivity contribution < 1.29 is 0 Å². The van der Waals surface area contributed by atoms with Crippen LogP contribution in [-0.2, 0) is 5.54 Å². The summed E-state index contributed by atoms with van der Waals surface area (Å²) in [5.74, 6) is 0.832. The van der Waals surface area contributed by atoms with Crippen molar-refractivity contribution in [2.24, 2.45) is 16.7 Å². The molecule has 4 aliphatic rings. The van der Waals surface area contributed by atoms with Gasteiger partial charge >= 0.3 is 5.69 Å². The van der Waals surface area contributed by atoms with Gasteiger partial charge in [0.15, 0.2) is 0 Å². The molecule has 0 saturated heterocycles. The summed E-state index contributed by atoms with van der Waals surface area (Å²) in [5.41, 5.74) is 1.12. The van der Waals surface area contributed by atoms with E-state index in [0.29, 0.717) is 10.8 Å². The predicted molar refractivity (Wildman–Crippen MR) is 70.4 cm³/mol. The van der Waals surface area contributed by atoms with Gasteiger partial charge in [-0.2, -0.15) is 0 Å². The van der Waals surface area contributed by atoms with Crippen LogP contribution in [-0.4, -0.2) is 9.55 Å². The van der Waals surface area contributed by atoms with Crippen LogP contribution in [0.1, 0.15) is 52.4 Å². The molecule has 1 aromatic heterocycles. The Morgan fingerprint density at radius 3 is 2.33 bits per heavy atom. The van der Waals surface area contributed by atoms with Gasteiger partial charge < -0.3 is 4.98 Å². The van der Waals surface area contributed by atoms with E-state index in [1.165, 1.54) is 38.5 Å². The minimum absolute atomic E-state index is 0.0872. The highest BCUT2D eigenvalue weighted by molar-refractivity contribution is 5.13. The smallest absolute Gasteiger partial charge is 0.313 e. The minimum atomic E-state index is 0.0872. The fourth-order valence-corrected chi connectivity index (χ4v) is 6.35. The van der Waals surface area contributed by atoms with Crippen LogP contribution in [0.25, 0.3) is 0 Å². The molecule has 1 heterocycles. The summed E-state index contributed by atoms with van der Waals surface area (Å²) in [6.07, 6.45) is 11.5. The molecule has 0 spiro atoms. The van der Waals surface area contributed by atoms with Crippen molar-refractivity contribution in [1.82, 2.24) is 9.55 Å². The third-order valence-electron chi connectivity index (χ3n) is 5.76. The zero-order valence-electron chi connectivity index (χ0n) is 11.3. The van der Waals surface area contributed by atoms with Crippen molar-refractivity contribution in [1.29, 1.82) is 0 Å². The second-order valence-electron chi connectivity index (χ2n) is 7.99. The summed E-state index contributed by atoms with van der Waals surface area (Å²) in [5, 5.41) is 0. The quantitative estimate of drug-likeness (QED) is 0.813. The van der Waals surface area contributed by atoms with Crippen LogP contribution in [0.4, 0.5) is 0 Å². The van der Waals surface area contributed by atoms with Crippen LogP contribution in [0.2, 0.25) is 0 Å². The Balaban J connectivity index is 1.87. The molecule has 0 aromatic carbocycles. The molecule has 2 atom stereocenters. The lowest BCUT2D eigenvalue weighted by Gasteiger charge is -2.65. The second-order valence-corrected chi connectivity index (χ2v) is 7.99. The van der Waals surface area contributed by atoms with Gasteiger partial charge in [-0.15, -0.1) is 0 Å². The highest BCUT2D eigenvalue weighted by Crippen LogP contribution is 2.68. The molecule has 0 radical (unpaired) electrons. The van der Waals surface area contributed by atoms with Crippen molar-refractivity contribution in [2.45, 2.75) is 57.9 Å². The lowest BCUT2D eigenvalue weighted by atomic mass is 9.42. The number of aromatic amines is 1. The van der Waals surface area contributed by atoms with E-state index in [1.54, 1.807) is 6.20 Å². The molecule has 1 N–H and O–H groups in total. The Kier molecular flexibility index (Phi) is 1.78. The number of aromatic nitrogens is 2. The third kappa shape index (κ3) is 1.28. The van der Waals surface area contributed by atoms with Gasteiger partial charge in [-0.3, -0.25) is 4.57 Å². The van der Waals surface area contributed by atoms with Crippen molar-refractivity contribution in [3.8, 4) is 0 Å². The first-order valence-electron chi connectivity index (χ1n) is 7.19. The maximum Gasteiger partial charge on any atom is 0.325 e. The Morgan fingerprint density at radius 1 is 1.17 bits per heavy atom. The highest BCUT2D eigenvalue weighted by atomic mass is 16.1. The summed E-state index contributed by atoms with van der Waals surface area (Å²) in [6, 6.07) is 0. The highest BCUT2D eigenvalue weighted by Gasteiger charge is 2.61. The number of hydrogen-bond donors (Lipinski definition) is 1. The van der Waals surface area contributed by atoms with Crippen LogP contribution in [0, 0.1) is 16.7 Å². The first-order valence-corrected chi connectivity index (χ1v) is 7.19. The molecule has 4 bridgehead atoms. The normalized spacial score (nSPS) is 49.8. The maximum atomic E-state index is 12.1. The van der Waals surface area contributed by atoms with Gasteiger partial charge in [-0.05, 0) is 55.3 Å². The number of imidazole rings is 1. The molecule has 4 aliphatic carbocycles. The molecular weight excluding hydrogens is 224 g/mol. The second kappa shape index (κ2) is 2.94. The molecular formula is C15H22N2O. The van der Waals surface area contributed by atoms with E-state index in [0.717, 1.165) is 5.92 Å². The van der Waals surface area contributed by atoms with E-state index in [9.17, 15) is 4.79 Å². The zero-order valence-corrected chi connectivity index (χ0v) is 11.3. The van der Waals surface area contributed by atoms with Crippen LogP contribution >= 0.6 is 0 Å². The Morgan fingerprint density at radius 2 is 1.83 bits per heavy atom. The predicted octanol–water partition coefficient (Wildman–Crippen LogP) is 2.88. The number of H-pyrrole nitrogens is 1. The number of nitrogens with one attached hydrogen (secondary N) is 1. The van der Waals surface area contributed by atoms with E-state index in [1.807, 2.05) is 10.8 Å². The monoisotopic (exact) mass is 246 g/mol. The van der Waals surface area contributed by atoms with Crippen LogP contribution in [0.5, 0.6) is 0 Å². The van der Waals surface area contributed by atoms with E-state index in [4.69, 9.17) is 0 Å². The lowest BCUT2D eigenvalue weighted by Crippen LogP contribution is -2.60. The topological polar surface area (TPSA) is 37.8 Å². The van der Waals surface area contributed by atoms with Gasteiger partial charge in [0.1, 0.15) is 0 Å². The van der Waals surface area contributed by atoms with E-state index >= 15 is 0 Å². The molecule has 5 rings (SSSR count). The van der Waals surface area contributed by atoms with Crippen LogP contribution < -0.4 is 5.69 Å². The third-order valence-corrected chi connectivity index (χ3v) is 5.76. The Labute approximate surface area is 108 Å². The fourth-order valence-electron chi connectivity index (χ4n) is 6.35. The lowest BCUT2D eigenvalue weighted by molar-refractivity contribution is -0.137. The molecule has 98 valence electrons. The van der Waals surface area contributed by atoms with Gasteiger partial charge in [-0.25, -0.2) is 4.79 Å². The summed E-state index contributed by atoms with van der Waals surface area (Å²) < 4.78 is 2.02. The molecule has 3 heteroatoms. The summed E-state index contributed by atoms with van der Waals surface area (Å²) in [7, 11) is 0. The van der Waals surface area contributed by atoms with Crippen molar-refractivity contribution in [2.75, 3.05) is 0 Å². The summed E-state index contributed by atoms with van der Waals surface area (Å²) in [4.78, 5) is 14.9. The summed E-state index contributed by atoms with van der Waals surface area (Å²) >= 11 is 0. The van der Waals surface area contributed by atoms with Crippen LogP contribution in [0.3, 0.4) is 0 Å². The zero-order chi connectivity index (χ0) is 12.6. The number of hydrogen-bond acceptors (Lipinski definition) is 1. The molecule has 4 saturated carbocycles. The largest absolute Gasteiger partial charge is 0.325 e. The molecule has 4 fully saturated rings. The van der Waals surface area contributed by atoms with Gasteiger partial charge in [-0.1, -0.05) is 13.8 Å². The van der Waals surface area contributed by atoms with Crippen molar-refractivity contribution >= 4 is 0 Å². The molecule has 18 heavy (non-hydrogen) atoms. The molecule has 0 amide bonds. The standard InChI is InChI=1S/C15H22N2O/c1-13-5-11-6-14(2,8-13)10-15(7-11,9-13)17-4-3-16-12(17)18/h3-4,11H,5-10H2,1-2H3,(H,16,18). The first kappa shape index (κ1) is 10.9. The Bertz CT molecular complexity index is 537. The van der Waals surface area contributed by atoms with E-state index < -0.39 is 0 Å². The average Bonchev–Trinajstić information content (AvgIpc) is 2.58. The van der Waals surface area contributed by atoms with Crippen molar-refractivity contribution in [3.05, 3.63) is 22.9 Å². The molecule has 3 nitrogen and oxygen atoms in total. The van der Waals surface area contributed by atoms with Crippen LogP contribution in [0.15, 0.2) is 17.2 Å².